The third-order valence-corrected chi connectivity index (χ3v) is 5.45. The number of thiophene rings is 1. The number of hydrogen-bond acceptors (Lipinski definition) is 4. The molecule has 0 atom stereocenters. The van der Waals surface area contributed by atoms with Gasteiger partial charge in [0, 0.05) is 16.6 Å². The van der Waals surface area contributed by atoms with Crippen molar-refractivity contribution in [1.29, 1.82) is 0 Å². The summed E-state index contributed by atoms with van der Waals surface area (Å²) < 4.78 is 4.77. The van der Waals surface area contributed by atoms with E-state index in [4.69, 9.17) is 16.3 Å². The number of esters is 1. The Hall–Kier alpha value is -1.85. The lowest BCUT2D eigenvalue weighted by molar-refractivity contribution is -0.122. The molecule has 2 heterocycles. The monoisotopic (exact) mass is 349 g/mol. The average Bonchev–Trinajstić information content (AvgIpc) is 3.02. The minimum Gasteiger partial charge on any atom is -0.465 e. The van der Waals surface area contributed by atoms with Crippen molar-refractivity contribution in [2.75, 3.05) is 12.0 Å². The highest BCUT2D eigenvalue weighted by Crippen LogP contribution is 2.43. The van der Waals surface area contributed by atoms with E-state index in [0.717, 1.165) is 16.8 Å². The van der Waals surface area contributed by atoms with Crippen molar-refractivity contribution in [2.45, 2.75) is 25.8 Å². The van der Waals surface area contributed by atoms with Gasteiger partial charge in [-0.2, -0.15) is 11.3 Å². The zero-order valence-electron chi connectivity index (χ0n) is 13.1. The molecule has 23 heavy (non-hydrogen) atoms. The van der Waals surface area contributed by atoms with Crippen LogP contribution in [-0.2, 0) is 21.5 Å². The summed E-state index contributed by atoms with van der Waals surface area (Å²) in [6.45, 7) is 4.17. The molecule has 1 aromatic heterocycles. The highest BCUT2D eigenvalue weighted by atomic mass is 35.5. The Bertz CT molecular complexity index is 797. The number of carbonyl (C=O) groups is 2. The van der Waals surface area contributed by atoms with Gasteiger partial charge in [0.1, 0.15) is 0 Å². The van der Waals surface area contributed by atoms with Gasteiger partial charge in [-0.3, -0.25) is 4.79 Å². The first-order valence-corrected chi connectivity index (χ1v) is 8.43. The van der Waals surface area contributed by atoms with Gasteiger partial charge in [0.05, 0.1) is 29.7 Å². The van der Waals surface area contributed by atoms with Crippen LogP contribution >= 0.6 is 22.9 Å². The molecule has 0 aliphatic carbocycles. The minimum atomic E-state index is -0.632. The largest absolute Gasteiger partial charge is 0.465 e. The van der Waals surface area contributed by atoms with Crippen molar-refractivity contribution in [3.8, 4) is 0 Å². The Labute approximate surface area is 143 Å². The van der Waals surface area contributed by atoms with Gasteiger partial charge in [0.2, 0.25) is 5.91 Å². The van der Waals surface area contributed by atoms with Gasteiger partial charge < -0.3 is 9.64 Å². The van der Waals surface area contributed by atoms with Crippen LogP contribution in [-0.4, -0.2) is 19.0 Å². The van der Waals surface area contributed by atoms with Crippen LogP contribution in [0.3, 0.4) is 0 Å². The van der Waals surface area contributed by atoms with E-state index in [2.05, 4.69) is 0 Å². The Balaban J connectivity index is 2.07. The van der Waals surface area contributed by atoms with E-state index in [-0.39, 0.29) is 5.91 Å². The predicted molar refractivity (Wildman–Crippen MR) is 91.3 cm³/mol. The van der Waals surface area contributed by atoms with Crippen molar-refractivity contribution in [2.24, 2.45) is 0 Å². The quantitative estimate of drug-likeness (QED) is 0.786. The highest BCUT2D eigenvalue weighted by Gasteiger charge is 2.44. The van der Waals surface area contributed by atoms with Gasteiger partial charge >= 0.3 is 5.97 Å². The second kappa shape index (κ2) is 5.65. The van der Waals surface area contributed by atoms with Gasteiger partial charge in [0.15, 0.2) is 0 Å². The molecule has 0 spiro atoms. The van der Waals surface area contributed by atoms with Crippen molar-refractivity contribution in [1.82, 2.24) is 0 Å². The minimum absolute atomic E-state index is 0.00298. The van der Waals surface area contributed by atoms with E-state index in [1.54, 1.807) is 17.0 Å². The van der Waals surface area contributed by atoms with Crippen LogP contribution in [0.1, 0.15) is 35.3 Å². The number of rotatable bonds is 3. The number of amides is 1. The average molecular weight is 350 g/mol. The maximum atomic E-state index is 12.8. The summed E-state index contributed by atoms with van der Waals surface area (Å²) in [7, 11) is 1.34. The first-order valence-electron chi connectivity index (χ1n) is 7.11. The van der Waals surface area contributed by atoms with Crippen LogP contribution in [0.4, 0.5) is 5.69 Å². The number of fused-ring (bicyclic) bond motifs is 1. The molecule has 0 radical (unpaired) electrons. The fourth-order valence-corrected chi connectivity index (χ4v) is 3.88. The van der Waals surface area contributed by atoms with E-state index in [1.807, 2.05) is 30.7 Å². The third-order valence-electron chi connectivity index (χ3n) is 4.18. The standard InChI is InChI=1S/C17H16ClNO3S/c1-17(2)12-5-4-10(15(20)22-3)6-14(12)19(16(17)21)7-11-8-23-9-13(11)18/h4-6,8-9H,7H2,1-3H3. The van der Waals surface area contributed by atoms with E-state index in [9.17, 15) is 9.59 Å². The Morgan fingerprint density at radius 2 is 2.09 bits per heavy atom. The van der Waals surface area contributed by atoms with Crippen LogP contribution in [0.15, 0.2) is 29.0 Å². The Morgan fingerprint density at radius 1 is 1.35 bits per heavy atom. The van der Waals surface area contributed by atoms with Gasteiger partial charge in [-0.1, -0.05) is 17.7 Å². The molecule has 3 rings (SSSR count). The summed E-state index contributed by atoms with van der Waals surface area (Å²) in [6.07, 6.45) is 0. The molecule has 0 unspecified atom stereocenters. The molecular formula is C17H16ClNO3S. The molecule has 1 aliphatic rings. The van der Waals surface area contributed by atoms with Crippen molar-refractivity contribution in [3.05, 3.63) is 50.7 Å². The fourth-order valence-electron chi connectivity index (χ4n) is 2.84. The SMILES string of the molecule is COC(=O)c1ccc2c(c1)N(Cc1cscc1Cl)C(=O)C2(C)C. The molecule has 6 heteroatoms. The molecule has 1 amide bonds. The number of benzene rings is 1. The molecule has 120 valence electrons. The van der Waals surface area contributed by atoms with Crippen LogP contribution in [0, 0.1) is 0 Å². The molecule has 0 N–H and O–H groups in total. The summed E-state index contributed by atoms with van der Waals surface area (Å²) in [6, 6.07) is 5.24. The molecule has 0 saturated heterocycles. The second-order valence-corrected chi connectivity index (χ2v) is 7.14. The number of anilines is 1. The van der Waals surface area contributed by atoms with Crippen LogP contribution in [0.25, 0.3) is 0 Å². The lowest BCUT2D eigenvalue weighted by Gasteiger charge is -2.20. The number of methoxy groups -OCH3 is 1. The van der Waals surface area contributed by atoms with Gasteiger partial charge in [0.25, 0.3) is 0 Å². The van der Waals surface area contributed by atoms with Crippen molar-refractivity contribution in [3.63, 3.8) is 0 Å². The summed E-state index contributed by atoms with van der Waals surface area (Å²) >= 11 is 7.67. The molecular weight excluding hydrogens is 334 g/mol. The van der Waals surface area contributed by atoms with Gasteiger partial charge in [-0.05, 0) is 36.9 Å². The number of nitrogens with zero attached hydrogens (tertiary/aromatic N) is 1. The zero-order valence-corrected chi connectivity index (χ0v) is 14.6. The molecule has 0 fully saturated rings. The summed E-state index contributed by atoms with van der Waals surface area (Å²) in [5, 5.41) is 4.43. The lowest BCUT2D eigenvalue weighted by atomic mass is 9.86. The van der Waals surface area contributed by atoms with E-state index >= 15 is 0 Å². The molecule has 0 bridgehead atoms. The summed E-state index contributed by atoms with van der Waals surface area (Å²) in [5.74, 6) is -0.421. The van der Waals surface area contributed by atoms with Crippen LogP contribution in [0.2, 0.25) is 5.02 Å². The smallest absolute Gasteiger partial charge is 0.337 e. The van der Waals surface area contributed by atoms with Gasteiger partial charge in [-0.25, -0.2) is 4.79 Å². The van der Waals surface area contributed by atoms with Crippen LogP contribution in [0.5, 0.6) is 0 Å². The molecule has 1 aliphatic heterocycles. The van der Waals surface area contributed by atoms with Gasteiger partial charge in [-0.15, -0.1) is 0 Å². The second-order valence-electron chi connectivity index (χ2n) is 5.98. The van der Waals surface area contributed by atoms with Crippen molar-refractivity contribution >= 4 is 40.5 Å². The fraction of sp³-hybridized carbons (Fsp3) is 0.294. The third kappa shape index (κ3) is 2.54. The maximum Gasteiger partial charge on any atom is 0.337 e. The summed E-state index contributed by atoms with van der Waals surface area (Å²) in [5.41, 5.74) is 2.34. The molecule has 1 aromatic carbocycles. The normalized spacial score (nSPS) is 15.7. The molecule has 4 nitrogen and oxygen atoms in total. The molecule has 0 saturated carbocycles. The van der Waals surface area contributed by atoms with Crippen molar-refractivity contribution < 1.29 is 14.3 Å². The first kappa shape index (κ1) is 16.0. The van der Waals surface area contributed by atoms with E-state index < -0.39 is 11.4 Å². The Kier molecular flexibility index (Phi) is 3.94. The first-order chi connectivity index (χ1) is 10.9. The number of carbonyl (C=O) groups excluding carboxylic acids is 2. The van der Waals surface area contributed by atoms with E-state index in [0.29, 0.717) is 17.1 Å². The number of ether oxygens (including phenoxy) is 1. The lowest BCUT2D eigenvalue weighted by Crippen LogP contribution is -2.35. The highest BCUT2D eigenvalue weighted by molar-refractivity contribution is 7.08. The number of halogens is 1. The maximum absolute atomic E-state index is 12.8. The number of hydrogen-bond donors (Lipinski definition) is 0. The van der Waals surface area contributed by atoms with Crippen LogP contribution < -0.4 is 4.90 Å². The molecule has 2 aromatic rings. The predicted octanol–water partition coefficient (Wildman–Crippen LogP) is 4.01. The van der Waals surface area contributed by atoms with E-state index in [1.165, 1.54) is 18.4 Å². The summed E-state index contributed by atoms with van der Waals surface area (Å²) in [4.78, 5) is 26.3. The zero-order chi connectivity index (χ0) is 16.8. The topological polar surface area (TPSA) is 46.6 Å². The Morgan fingerprint density at radius 3 is 2.70 bits per heavy atom.